The van der Waals surface area contributed by atoms with E-state index in [9.17, 15) is 0 Å². The highest BCUT2D eigenvalue weighted by Crippen LogP contribution is 2.04. The lowest BCUT2D eigenvalue weighted by Crippen LogP contribution is -2.03. The van der Waals surface area contributed by atoms with Gasteiger partial charge in [0.1, 0.15) is 0 Å². The average Bonchev–Trinajstić information content (AvgIpc) is 2.57. The minimum absolute atomic E-state index is 0.475. The molecule has 0 atom stereocenters. The van der Waals surface area contributed by atoms with Gasteiger partial charge in [-0.05, 0) is 17.7 Å². The van der Waals surface area contributed by atoms with E-state index in [2.05, 4.69) is 10.2 Å². The molecule has 2 N–H and O–H groups in total. The van der Waals surface area contributed by atoms with Crippen molar-refractivity contribution in [1.82, 2.24) is 0 Å². The molecule has 0 aliphatic carbocycles. The molecule has 1 rings (SSSR count). The van der Waals surface area contributed by atoms with Crippen LogP contribution in [0.5, 0.6) is 0 Å². The average molecular weight is 199 g/mol. The number of thioether (sulfide) groups is 1. The summed E-state index contributed by atoms with van der Waals surface area (Å²) in [6, 6.07) is 3.94. The second-order valence-electron chi connectivity index (χ2n) is 1.90. The Morgan fingerprint density at radius 2 is 2.58 bits per heavy atom. The lowest BCUT2D eigenvalue weighted by Gasteiger charge is -1.86. The molecule has 1 aromatic heterocycles. The summed E-state index contributed by atoms with van der Waals surface area (Å²) in [6.45, 7) is 0. The maximum Gasteiger partial charge on any atom is 0.180 e. The summed E-state index contributed by atoms with van der Waals surface area (Å²) in [5.74, 6) is 0. The normalized spacial score (nSPS) is 12.6. The molecule has 0 amide bonds. The third kappa shape index (κ3) is 3.06. The molecule has 0 fully saturated rings. The Morgan fingerprint density at radius 3 is 3.17 bits per heavy atom. The molecule has 1 heterocycles. The van der Waals surface area contributed by atoms with Gasteiger partial charge >= 0.3 is 0 Å². The lowest BCUT2D eigenvalue weighted by atomic mass is 10.5. The molecular weight excluding hydrogens is 190 g/mol. The molecule has 0 aromatic carbocycles. The zero-order chi connectivity index (χ0) is 8.81. The summed E-state index contributed by atoms with van der Waals surface area (Å²) in [6.07, 6.45) is 3.55. The van der Waals surface area contributed by atoms with E-state index in [4.69, 9.17) is 5.73 Å². The van der Waals surface area contributed by atoms with Crippen LogP contribution >= 0.6 is 23.1 Å². The van der Waals surface area contributed by atoms with Crippen molar-refractivity contribution in [3.63, 3.8) is 0 Å². The monoisotopic (exact) mass is 199 g/mol. The van der Waals surface area contributed by atoms with Crippen LogP contribution in [-0.4, -0.2) is 17.6 Å². The summed E-state index contributed by atoms with van der Waals surface area (Å²) in [5.41, 5.74) is 5.42. The highest BCUT2D eigenvalue weighted by Gasteiger charge is 1.86. The highest BCUT2D eigenvalue weighted by atomic mass is 32.2. The van der Waals surface area contributed by atoms with Gasteiger partial charge in [0.25, 0.3) is 0 Å². The molecule has 12 heavy (non-hydrogen) atoms. The Balaban J connectivity index is 2.52. The van der Waals surface area contributed by atoms with Crippen molar-refractivity contribution in [3.8, 4) is 0 Å². The fourth-order valence-corrected chi connectivity index (χ4v) is 1.26. The van der Waals surface area contributed by atoms with Gasteiger partial charge in [-0.15, -0.1) is 16.4 Å². The van der Waals surface area contributed by atoms with Crippen LogP contribution in [0.1, 0.15) is 4.88 Å². The van der Waals surface area contributed by atoms with Crippen LogP contribution in [0.4, 0.5) is 0 Å². The summed E-state index contributed by atoms with van der Waals surface area (Å²) in [5, 5.41) is 10.0. The standard InChI is InChI=1S/C7H9N3S2/c1-11-7(8)10-9-5-6-3-2-4-12-6/h2-5H,1H3,(H2,8,10)/b9-5-. The SMILES string of the molecule is CS/C(N)=N/N=C\c1cccs1. The molecule has 3 nitrogen and oxygen atoms in total. The van der Waals surface area contributed by atoms with Gasteiger partial charge in [0.05, 0.1) is 6.21 Å². The molecule has 64 valence electrons. The minimum Gasteiger partial charge on any atom is -0.377 e. The first-order chi connectivity index (χ1) is 5.83. The quantitative estimate of drug-likeness (QED) is 0.448. The summed E-state index contributed by atoms with van der Waals surface area (Å²) in [4.78, 5) is 1.08. The fourth-order valence-electron chi connectivity index (χ4n) is 0.548. The molecule has 0 radical (unpaired) electrons. The minimum atomic E-state index is 0.475. The summed E-state index contributed by atoms with van der Waals surface area (Å²) >= 11 is 3.00. The maximum atomic E-state index is 5.42. The molecule has 0 aliphatic heterocycles. The van der Waals surface area contributed by atoms with E-state index in [0.717, 1.165) is 4.88 Å². The van der Waals surface area contributed by atoms with E-state index >= 15 is 0 Å². The number of thiophene rings is 1. The van der Waals surface area contributed by atoms with E-state index in [-0.39, 0.29) is 0 Å². The zero-order valence-electron chi connectivity index (χ0n) is 6.60. The van der Waals surface area contributed by atoms with Crippen LogP contribution in [0.2, 0.25) is 0 Å². The Morgan fingerprint density at radius 1 is 1.75 bits per heavy atom. The van der Waals surface area contributed by atoms with Crippen molar-refractivity contribution in [1.29, 1.82) is 0 Å². The molecular formula is C7H9N3S2. The maximum absolute atomic E-state index is 5.42. The van der Waals surface area contributed by atoms with Crippen molar-refractivity contribution in [2.24, 2.45) is 15.9 Å². The van der Waals surface area contributed by atoms with Crippen molar-refractivity contribution in [2.45, 2.75) is 0 Å². The van der Waals surface area contributed by atoms with Gasteiger partial charge in [0.15, 0.2) is 5.17 Å². The van der Waals surface area contributed by atoms with Gasteiger partial charge in [0, 0.05) is 4.88 Å². The predicted octanol–water partition coefficient (Wildman–Crippen LogP) is 1.76. The molecule has 0 aliphatic rings. The second kappa shape index (κ2) is 4.95. The molecule has 0 bridgehead atoms. The Kier molecular flexibility index (Phi) is 3.83. The van der Waals surface area contributed by atoms with Crippen molar-refractivity contribution < 1.29 is 0 Å². The smallest absolute Gasteiger partial charge is 0.180 e. The van der Waals surface area contributed by atoms with Crippen LogP contribution in [0.15, 0.2) is 27.7 Å². The molecule has 0 unspecified atom stereocenters. The van der Waals surface area contributed by atoms with Gasteiger partial charge in [-0.3, -0.25) is 0 Å². The molecule has 0 spiro atoms. The first-order valence-electron chi connectivity index (χ1n) is 3.27. The van der Waals surface area contributed by atoms with Crippen LogP contribution < -0.4 is 5.73 Å². The number of rotatable bonds is 2. The topological polar surface area (TPSA) is 50.7 Å². The molecule has 0 saturated carbocycles. The van der Waals surface area contributed by atoms with Crippen molar-refractivity contribution in [3.05, 3.63) is 22.4 Å². The van der Waals surface area contributed by atoms with Gasteiger partial charge < -0.3 is 5.73 Å². The number of hydrogen-bond acceptors (Lipinski definition) is 4. The molecule has 5 heteroatoms. The van der Waals surface area contributed by atoms with Crippen LogP contribution in [-0.2, 0) is 0 Å². The Labute approximate surface area is 79.4 Å². The third-order valence-corrected chi connectivity index (χ3v) is 2.40. The van der Waals surface area contributed by atoms with Crippen molar-refractivity contribution >= 4 is 34.5 Å². The number of hydrogen-bond donors (Lipinski definition) is 1. The fraction of sp³-hybridized carbons (Fsp3) is 0.143. The second-order valence-corrected chi connectivity index (χ2v) is 3.71. The first-order valence-corrected chi connectivity index (χ1v) is 5.37. The van der Waals surface area contributed by atoms with Gasteiger partial charge in [-0.2, -0.15) is 5.10 Å². The van der Waals surface area contributed by atoms with E-state index in [1.54, 1.807) is 17.6 Å². The van der Waals surface area contributed by atoms with Crippen LogP contribution in [0.25, 0.3) is 0 Å². The van der Waals surface area contributed by atoms with E-state index in [0.29, 0.717) is 5.17 Å². The van der Waals surface area contributed by atoms with E-state index < -0.39 is 0 Å². The number of amidine groups is 1. The molecule has 1 aromatic rings. The van der Waals surface area contributed by atoms with Gasteiger partial charge in [-0.25, -0.2) is 0 Å². The Hall–Kier alpha value is -0.810. The highest BCUT2D eigenvalue weighted by molar-refractivity contribution is 8.13. The van der Waals surface area contributed by atoms with Crippen LogP contribution in [0, 0.1) is 0 Å². The van der Waals surface area contributed by atoms with Crippen molar-refractivity contribution in [2.75, 3.05) is 6.26 Å². The summed E-state index contributed by atoms with van der Waals surface area (Å²) in [7, 11) is 0. The largest absolute Gasteiger partial charge is 0.377 e. The van der Waals surface area contributed by atoms with Crippen LogP contribution in [0.3, 0.4) is 0 Å². The predicted molar refractivity (Wildman–Crippen MR) is 57.1 cm³/mol. The summed E-state index contributed by atoms with van der Waals surface area (Å²) < 4.78 is 0. The third-order valence-electron chi connectivity index (χ3n) is 1.09. The van der Waals surface area contributed by atoms with E-state index in [1.165, 1.54) is 11.8 Å². The zero-order valence-corrected chi connectivity index (χ0v) is 8.23. The lowest BCUT2D eigenvalue weighted by molar-refractivity contribution is 1.25. The van der Waals surface area contributed by atoms with Gasteiger partial charge in [-0.1, -0.05) is 17.8 Å². The molecule has 0 saturated heterocycles. The van der Waals surface area contributed by atoms with E-state index in [1.807, 2.05) is 23.8 Å². The number of nitrogens with two attached hydrogens (primary N) is 1. The van der Waals surface area contributed by atoms with Gasteiger partial charge in [0.2, 0.25) is 0 Å². The number of nitrogens with zero attached hydrogens (tertiary/aromatic N) is 2. The first kappa shape index (κ1) is 9.28. The Bertz CT molecular complexity index is 277.